The molecule has 10 nitrogen and oxygen atoms in total. The van der Waals surface area contributed by atoms with Gasteiger partial charge in [-0.05, 0) is 17.7 Å². The van der Waals surface area contributed by atoms with Crippen LogP contribution < -0.4 is 15.5 Å². The number of hydrogen-bond acceptors (Lipinski definition) is 7. The van der Waals surface area contributed by atoms with Gasteiger partial charge in [-0.2, -0.15) is 0 Å². The number of nitrogens with one attached hydrogen (secondary N) is 2. The van der Waals surface area contributed by atoms with Crippen LogP contribution in [0.3, 0.4) is 0 Å². The minimum Gasteiger partial charge on any atom is -0.496 e. The first kappa shape index (κ1) is 22.2. The van der Waals surface area contributed by atoms with Crippen molar-refractivity contribution in [3.05, 3.63) is 66.7 Å². The summed E-state index contributed by atoms with van der Waals surface area (Å²) in [5, 5.41) is 3.83. The number of carbonyl (C=O) groups excluding carboxylic acids is 2. The number of nitrogens with zero attached hydrogens (tertiary/aromatic N) is 2. The van der Waals surface area contributed by atoms with Crippen LogP contribution in [0, 0.1) is 0 Å². The Hall–Kier alpha value is -4.05. The number of amides is 3. The molecule has 0 spiro atoms. The van der Waals surface area contributed by atoms with Crippen LogP contribution in [0.4, 0.5) is 15.3 Å². The van der Waals surface area contributed by atoms with E-state index in [0.717, 1.165) is 10.6 Å². The van der Waals surface area contributed by atoms with Crippen molar-refractivity contribution in [2.24, 2.45) is 0 Å². The van der Waals surface area contributed by atoms with E-state index >= 15 is 0 Å². The van der Waals surface area contributed by atoms with Gasteiger partial charge in [-0.25, -0.2) is 25.0 Å². The lowest BCUT2D eigenvalue weighted by Gasteiger charge is -2.24. The van der Waals surface area contributed by atoms with Crippen LogP contribution in [0.1, 0.15) is 12.0 Å². The molecular weight excluding hydrogens is 428 g/mol. The zero-order valence-electron chi connectivity index (χ0n) is 18.0. The molecule has 1 aliphatic heterocycles. The van der Waals surface area contributed by atoms with Gasteiger partial charge in [-0.15, -0.1) is 0 Å². The number of hydrogen-bond donors (Lipinski definition) is 2. The molecule has 172 valence electrons. The number of benzene rings is 2. The molecule has 2 N–H and O–H groups in total. The number of ether oxygens (including phenoxy) is 3. The van der Waals surface area contributed by atoms with Gasteiger partial charge in [0.05, 0.1) is 38.6 Å². The van der Waals surface area contributed by atoms with Gasteiger partial charge >= 0.3 is 12.1 Å². The summed E-state index contributed by atoms with van der Waals surface area (Å²) in [5.41, 5.74) is 4.55. The second-order valence-corrected chi connectivity index (χ2v) is 7.29. The fourth-order valence-electron chi connectivity index (χ4n) is 3.33. The van der Waals surface area contributed by atoms with Gasteiger partial charge in [0.1, 0.15) is 11.9 Å². The topological polar surface area (TPSA) is 115 Å². The first-order valence-electron chi connectivity index (χ1n) is 10.4. The molecule has 1 atom stereocenters. The first-order valence-corrected chi connectivity index (χ1v) is 10.4. The SMILES string of the molecule is COc1cc(NC(=O)NN(Cc2ccccc2)C(=O)OC2CCOC2)ccc1-c1cnco1. The van der Waals surface area contributed by atoms with Gasteiger partial charge < -0.3 is 23.9 Å². The first-order chi connectivity index (χ1) is 16.1. The van der Waals surface area contributed by atoms with E-state index in [2.05, 4.69) is 15.7 Å². The highest BCUT2D eigenvalue weighted by molar-refractivity contribution is 5.91. The predicted molar refractivity (Wildman–Crippen MR) is 118 cm³/mol. The van der Waals surface area contributed by atoms with Crippen LogP contribution in [0.2, 0.25) is 0 Å². The van der Waals surface area contributed by atoms with E-state index in [1.807, 2.05) is 30.3 Å². The maximum atomic E-state index is 12.7. The van der Waals surface area contributed by atoms with E-state index in [0.29, 0.717) is 42.4 Å². The molecule has 1 aliphatic rings. The van der Waals surface area contributed by atoms with E-state index in [-0.39, 0.29) is 12.6 Å². The maximum absolute atomic E-state index is 12.7. The number of rotatable bonds is 6. The number of oxazole rings is 1. The van der Waals surface area contributed by atoms with Crippen LogP contribution in [0.5, 0.6) is 5.75 Å². The monoisotopic (exact) mass is 452 g/mol. The molecule has 0 bridgehead atoms. The van der Waals surface area contributed by atoms with Crippen molar-refractivity contribution in [1.29, 1.82) is 0 Å². The third kappa shape index (κ3) is 5.80. The summed E-state index contributed by atoms with van der Waals surface area (Å²) >= 11 is 0. The minimum atomic E-state index is -0.664. The molecule has 2 aromatic carbocycles. The van der Waals surface area contributed by atoms with Gasteiger partial charge in [0.2, 0.25) is 0 Å². The smallest absolute Gasteiger partial charge is 0.429 e. The summed E-state index contributed by atoms with van der Waals surface area (Å²) in [7, 11) is 1.52. The van der Waals surface area contributed by atoms with E-state index in [4.69, 9.17) is 18.6 Å². The Balaban J connectivity index is 1.45. The number of anilines is 1. The maximum Gasteiger partial charge on any atom is 0.429 e. The van der Waals surface area contributed by atoms with Gasteiger partial charge in [0.15, 0.2) is 12.2 Å². The standard InChI is InChI=1S/C23H24N4O6/c1-30-20-11-17(7-8-19(20)21-12-24-15-32-21)25-22(28)26-27(13-16-5-3-2-4-6-16)23(29)33-18-9-10-31-14-18/h2-8,11-12,15,18H,9-10,13-14H2,1H3,(H2,25,26,28). The lowest BCUT2D eigenvalue weighted by Crippen LogP contribution is -2.48. The van der Waals surface area contributed by atoms with Crippen LogP contribution in [-0.4, -0.2) is 48.5 Å². The number of aromatic nitrogens is 1. The summed E-state index contributed by atoms with van der Waals surface area (Å²) in [6.07, 6.45) is 2.51. The molecule has 1 fully saturated rings. The molecule has 1 unspecified atom stereocenters. The van der Waals surface area contributed by atoms with Crippen molar-refractivity contribution >= 4 is 17.8 Å². The van der Waals surface area contributed by atoms with Gasteiger partial charge in [0, 0.05) is 18.2 Å². The lowest BCUT2D eigenvalue weighted by molar-refractivity contribution is 0.0435. The molecule has 0 radical (unpaired) electrons. The summed E-state index contributed by atoms with van der Waals surface area (Å²) in [4.78, 5) is 29.3. The third-order valence-electron chi connectivity index (χ3n) is 4.95. The average Bonchev–Trinajstić information content (AvgIpc) is 3.54. The number of hydrazine groups is 1. The highest BCUT2D eigenvalue weighted by Gasteiger charge is 2.25. The Bertz CT molecular complexity index is 1070. The summed E-state index contributed by atoms with van der Waals surface area (Å²) in [6, 6.07) is 13.8. The number of urea groups is 1. The van der Waals surface area contributed by atoms with Crippen molar-refractivity contribution in [2.75, 3.05) is 25.6 Å². The normalized spacial score (nSPS) is 15.0. The van der Waals surface area contributed by atoms with Crippen molar-refractivity contribution < 1.29 is 28.2 Å². The molecule has 1 aromatic heterocycles. The Morgan fingerprint density at radius 3 is 2.76 bits per heavy atom. The Morgan fingerprint density at radius 2 is 2.06 bits per heavy atom. The molecular formula is C23H24N4O6. The van der Waals surface area contributed by atoms with Gasteiger partial charge in [-0.1, -0.05) is 30.3 Å². The summed E-state index contributed by atoms with van der Waals surface area (Å²) in [6.45, 7) is 1.01. The highest BCUT2D eigenvalue weighted by atomic mass is 16.6. The molecule has 2 heterocycles. The zero-order valence-corrected chi connectivity index (χ0v) is 18.0. The fraction of sp³-hybridized carbons (Fsp3) is 0.261. The summed E-state index contributed by atoms with van der Waals surface area (Å²) in [5.74, 6) is 1.03. The largest absolute Gasteiger partial charge is 0.496 e. The third-order valence-corrected chi connectivity index (χ3v) is 4.95. The number of carbonyl (C=O) groups is 2. The van der Waals surface area contributed by atoms with Crippen molar-refractivity contribution in [3.63, 3.8) is 0 Å². The summed E-state index contributed by atoms with van der Waals surface area (Å²) < 4.78 is 21.5. The molecule has 0 saturated carbocycles. The zero-order chi connectivity index (χ0) is 23.0. The quantitative estimate of drug-likeness (QED) is 0.547. The van der Waals surface area contributed by atoms with E-state index < -0.39 is 12.1 Å². The molecule has 10 heteroatoms. The Kier molecular flexibility index (Phi) is 7.06. The molecule has 33 heavy (non-hydrogen) atoms. The van der Waals surface area contributed by atoms with Gasteiger partial charge in [-0.3, -0.25) is 0 Å². The molecule has 3 aromatic rings. The molecule has 1 saturated heterocycles. The van der Waals surface area contributed by atoms with Crippen molar-refractivity contribution in [1.82, 2.24) is 15.4 Å². The van der Waals surface area contributed by atoms with Crippen molar-refractivity contribution in [2.45, 2.75) is 19.1 Å². The second-order valence-electron chi connectivity index (χ2n) is 7.29. The lowest BCUT2D eigenvalue weighted by atomic mass is 10.1. The molecule has 4 rings (SSSR count). The van der Waals surface area contributed by atoms with E-state index in [9.17, 15) is 9.59 Å². The van der Waals surface area contributed by atoms with Crippen LogP contribution in [0.15, 0.2) is 65.5 Å². The van der Waals surface area contributed by atoms with Crippen LogP contribution in [-0.2, 0) is 16.0 Å². The van der Waals surface area contributed by atoms with E-state index in [1.54, 1.807) is 24.4 Å². The average molecular weight is 452 g/mol. The van der Waals surface area contributed by atoms with E-state index in [1.165, 1.54) is 13.5 Å². The molecule has 0 aliphatic carbocycles. The minimum absolute atomic E-state index is 0.133. The number of methoxy groups -OCH3 is 1. The Morgan fingerprint density at radius 1 is 1.21 bits per heavy atom. The van der Waals surface area contributed by atoms with Crippen LogP contribution in [0.25, 0.3) is 11.3 Å². The van der Waals surface area contributed by atoms with Crippen LogP contribution >= 0.6 is 0 Å². The Labute approximate surface area is 190 Å². The molecule has 3 amide bonds. The second kappa shape index (κ2) is 10.5. The fourth-order valence-corrected chi connectivity index (χ4v) is 3.33. The predicted octanol–water partition coefficient (Wildman–Crippen LogP) is 3.81. The highest BCUT2D eigenvalue weighted by Crippen LogP contribution is 2.32. The van der Waals surface area contributed by atoms with Gasteiger partial charge in [0.25, 0.3) is 0 Å². The van der Waals surface area contributed by atoms with Crippen molar-refractivity contribution in [3.8, 4) is 17.1 Å².